The normalized spacial score (nSPS) is 15.4. The van der Waals surface area contributed by atoms with E-state index < -0.39 is 18.6 Å². The topological polar surface area (TPSA) is 51.3 Å². The molecule has 0 aliphatic heterocycles. The number of aromatic nitrogens is 1. The fourth-order valence-electron chi connectivity index (χ4n) is 2.23. The minimum atomic E-state index is -4.40. The predicted molar refractivity (Wildman–Crippen MR) is 69.4 cm³/mol. The molecule has 2 rings (SSSR count). The predicted octanol–water partition coefficient (Wildman–Crippen LogP) is 2.82. The lowest BCUT2D eigenvalue weighted by atomic mass is 10.3. The summed E-state index contributed by atoms with van der Waals surface area (Å²) < 4.78 is 39.4. The summed E-state index contributed by atoms with van der Waals surface area (Å²) in [6.07, 6.45) is -0.430. The van der Waals surface area contributed by atoms with Gasteiger partial charge >= 0.3 is 6.18 Å². The maximum absolute atomic E-state index is 12.6. The Hall–Kier alpha value is -1.66. The molecular weight excluding hydrogens is 271 g/mol. The largest absolute Gasteiger partial charge is 0.406 e. The fourth-order valence-corrected chi connectivity index (χ4v) is 2.23. The number of nitrogens with zero attached hydrogens (tertiary/aromatic N) is 2. The summed E-state index contributed by atoms with van der Waals surface area (Å²) in [5.41, 5.74) is 6.33. The van der Waals surface area contributed by atoms with Crippen LogP contribution in [0.5, 0.6) is 0 Å². The third-order valence-corrected chi connectivity index (χ3v) is 3.18. The van der Waals surface area contributed by atoms with Gasteiger partial charge in [-0.2, -0.15) is 13.2 Å². The van der Waals surface area contributed by atoms with Gasteiger partial charge in [0.1, 0.15) is 12.2 Å². The molecule has 2 N–H and O–H groups in total. The van der Waals surface area contributed by atoms with Gasteiger partial charge in [-0.05, 0) is 25.3 Å². The van der Waals surface area contributed by atoms with Gasteiger partial charge in [0.25, 0.3) is 5.91 Å². The molecule has 112 valence electrons. The second kappa shape index (κ2) is 5.38. The van der Waals surface area contributed by atoms with Gasteiger partial charge in [0, 0.05) is 18.8 Å². The molecule has 1 aliphatic carbocycles. The van der Waals surface area contributed by atoms with Crippen LogP contribution in [0.15, 0.2) is 12.3 Å². The molecule has 1 aromatic heterocycles. The minimum Gasteiger partial charge on any atom is -0.397 e. The summed E-state index contributed by atoms with van der Waals surface area (Å²) in [6, 6.07) is 1.65. The van der Waals surface area contributed by atoms with Crippen LogP contribution in [0.1, 0.15) is 42.7 Å². The molecule has 1 saturated carbocycles. The average molecular weight is 289 g/mol. The number of carbonyl (C=O) groups excluding carboxylic acids is 1. The molecule has 0 atom stereocenters. The highest BCUT2D eigenvalue weighted by Gasteiger charge is 2.35. The van der Waals surface area contributed by atoms with Gasteiger partial charge in [-0.25, -0.2) is 0 Å². The third-order valence-electron chi connectivity index (χ3n) is 3.18. The summed E-state index contributed by atoms with van der Waals surface area (Å²) in [7, 11) is 0. The molecule has 0 radical (unpaired) electrons. The highest BCUT2D eigenvalue weighted by Crippen LogP contribution is 2.37. The molecule has 0 aromatic carbocycles. The van der Waals surface area contributed by atoms with Gasteiger partial charge in [-0.15, -0.1) is 0 Å². The van der Waals surface area contributed by atoms with Crippen LogP contribution in [0, 0.1) is 0 Å². The lowest BCUT2D eigenvalue weighted by Gasteiger charge is -2.24. The second-order valence-corrected chi connectivity index (χ2v) is 5.14. The Morgan fingerprint density at radius 2 is 2.15 bits per heavy atom. The first-order valence-corrected chi connectivity index (χ1v) is 6.65. The Morgan fingerprint density at radius 3 is 2.65 bits per heavy atom. The highest BCUT2D eigenvalue weighted by molar-refractivity contribution is 5.94. The van der Waals surface area contributed by atoms with E-state index in [2.05, 4.69) is 0 Å². The zero-order valence-electron chi connectivity index (χ0n) is 11.3. The molecule has 0 spiro atoms. The number of halogens is 3. The number of rotatable bonds is 5. The molecule has 0 saturated heterocycles. The highest BCUT2D eigenvalue weighted by atomic mass is 19.4. The molecule has 20 heavy (non-hydrogen) atoms. The van der Waals surface area contributed by atoms with Crippen LogP contribution in [0.4, 0.5) is 18.9 Å². The Kier molecular flexibility index (Phi) is 3.96. The lowest BCUT2D eigenvalue weighted by molar-refractivity contribution is -0.140. The Bertz CT molecular complexity index is 492. The molecule has 4 nitrogen and oxygen atoms in total. The van der Waals surface area contributed by atoms with Crippen LogP contribution in [0.3, 0.4) is 0 Å². The van der Waals surface area contributed by atoms with E-state index in [1.165, 1.54) is 6.07 Å². The first kappa shape index (κ1) is 14.7. The van der Waals surface area contributed by atoms with Crippen molar-refractivity contribution in [3.05, 3.63) is 18.0 Å². The van der Waals surface area contributed by atoms with E-state index in [0.29, 0.717) is 12.1 Å². The number of carbonyl (C=O) groups is 1. The van der Waals surface area contributed by atoms with Gasteiger partial charge in [0.05, 0.1) is 5.69 Å². The van der Waals surface area contributed by atoms with E-state index in [-0.39, 0.29) is 18.3 Å². The third kappa shape index (κ3) is 3.46. The standard InChI is InChI=1S/C13H18F3N3O/c1-2-5-18(8-13(14,15)16)12(20)11-6-9(17)7-19(11)10-3-4-10/h6-7,10H,2-5,8,17H2,1H3. The molecule has 1 aromatic rings. The number of hydrogen-bond acceptors (Lipinski definition) is 2. The number of anilines is 1. The smallest absolute Gasteiger partial charge is 0.397 e. The monoisotopic (exact) mass is 289 g/mol. The van der Waals surface area contributed by atoms with Gasteiger partial charge in [0.15, 0.2) is 0 Å². The minimum absolute atomic E-state index is 0.0775. The molecule has 1 fully saturated rings. The lowest BCUT2D eigenvalue weighted by Crippen LogP contribution is -2.40. The van der Waals surface area contributed by atoms with Crippen molar-refractivity contribution in [2.45, 2.75) is 38.4 Å². The van der Waals surface area contributed by atoms with Gasteiger partial charge in [0.2, 0.25) is 0 Å². The van der Waals surface area contributed by atoms with Crippen LogP contribution < -0.4 is 5.73 Å². The van der Waals surface area contributed by atoms with E-state index in [9.17, 15) is 18.0 Å². The van der Waals surface area contributed by atoms with Gasteiger partial charge in [-0.1, -0.05) is 6.92 Å². The number of hydrogen-bond donors (Lipinski definition) is 1. The van der Waals surface area contributed by atoms with Crippen molar-refractivity contribution < 1.29 is 18.0 Å². The molecule has 1 aliphatic rings. The molecule has 7 heteroatoms. The Labute approximate surface area is 115 Å². The molecule has 1 heterocycles. The average Bonchev–Trinajstić information content (AvgIpc) is 3.09. The van der Waals surface area contributed by atoms with E-state index in [4.69, 9.17) is 5.73 Å². The number of alkyl halides is 3. The summed E-state index contributed by atoms with van der Waals surface area (Å²) in [5.74, 6) is -0.604. The summed E-state index contributed by atoms with van der Waals surface area (Å²) in [6.45, 7) is 0.592. The maximum Gasteiger partial charge on any atom is 0.406 e. The quantitative estimate of drug-likeness (QED) is 0.906. The molecular formula is C13H18F3N3O. The first-order chi connectivity index (χ1) is 9.31. The zero-order chi connectivity index (χ0) is 14.9. The van der Waals surface area contributed by atoms with Crippen LogP contribution in [0.25, 0.3) is 0 Å². The van der Waals surface area contributed by atoms with Crippen molar-refractivity contribution in [2.24, 2.45) is 0 Å². The van der Waals surface area contributed by atoms with E-state index in [1.54, 1.807) is 17.7 Å². The van der Waals surface area contributed by atoms with E-state index in [0.717, 1.165) is 17.7 Å². The van der Waals surface area contributed by atoms with Crippen LogP contribution in [0.2, 0.25) is 0 Å². The van der Waals surface area contributed by atoms with Gasteiger partial charge in [-0.3, -0.25) is 4.79 Å². The van der Waals surface area contributed by atoms with Crippen molar-refractivity contribution >= 4 is 11.6 Å². The fraction of sp³-hybridized carbons (Fsp3) is 0.615. The maximum atomic E-state index is 12.6. The summed E-state index contributed by atoms with van der Waals surface area (Å²) >= 11 is 0. The number of amides is 1. The van der Waals surface area contributed by atoms with Crippen LogP contribution in [-0.4, -0.2) is 34.6 Å². The molecule has 1 amide bonds. The number of nitrogen functional groups attached to an aromatic ring is 1. The van der Waals surface area contributed by atoms with Crippen molar-refractivity contribution in [1.82, 2.24) is 9.47 Å². The summed E-state index contributed by atoms with van der Waals surface area (Å²) in [5, 5.41) is 0. The van der Waals surface area contributed by atoms with Crippen molar-refractivity contribution in [3.63, 3.8) is 0 Å². The Morgan fingerprint density at radius 1 is 1.50 bits per heavy atom. The number of nitrogens with two attached hydrogens (primary N) is 1. The van der Waals surface area contributed by atoms with Crippen molar-refractivity contribution in [2.75, 3.05) is 18.8 Å². The van der Waals surface area contributed by atoms with Crippen molar-refractivity contribution in [1.29, 1.82) is 0 Å². The second-order valence-electron chi connectivity index (χ2n) is 5.14. The van der Waals surface area contributed by atoms with Gasteiger partial charge < -0.3 is 15.2 Å². The zero-order valence-corrected chi connectivity index (χ0v) is 11.3. The first-order valence-electron chi connectivity index (χ1n) is 6.65. The Balaban J connectivity index is 2.22. The SMILES string of the molecule is CCCN(CC(F)(F)F)C(=O)c1cc(N)cn1C1CC1. The van der Waals surface area contributed by atoms with Crippen LogP contribution >= 0.6 is 0 Å². The molecule has 0 unspecified atom stereocenters. The summed E-state index contributed by atoms with van der Waals surface area (Å²) in [4.78, 5) is 13.2. The molecule has 0 bridgehead atoms. The van der Waals surface area contributed by atoms with E-state index in [1.807, 2.05) is 0 Å². The van der Waals surface area contributed by atoms with Crippen LogP contribution in [-0.2, 0) is 0 Å². The van der Waals surface area contributed by atoms with Crippen molar-refractivity contribution in [3.8, 4) is 0 Å². The van der Waals surface area contributed by atoms with E-state index >= 15 is 0 Å².